The van der Waals surface area contributed by atoms with Crippen LogP contribution < -0.4 is 15.4 Å². The number of ether oxygens (including phenoxy) is 2. The number of anilines is 1. The Labute approximate surface area is 225 Å². The van der Waals surface area contributed by atoms with E-state index >= 15 is 0 Å². The van der Waals surface area contributed by atoms with Gasteiger partial charge in [-0.3, -0.25) is 9.36 Å². The number of halogens is 1. The second kappa shape index (κ2) is 11.1. The fourth-order valence-corrected chi connectivity index (χ4v) is 4.44. The number of amides is 1. The molecule has 4 heterocycles. The van der Waals surface area contributed by atoms with Gasteiger partial charge in [0.15, 0.2) is 29.0 Å². The number of rotatable bonds is 9. The normalized spacial score (nSPS) is 20.5. The van der Waals surface area contributed by atoms with E-state index in [-0.39, 0.29) is 13.2 Å². The number of hydrogen-bond donors (Lipinski definition) is 3. The fourth-order valence-electron chi connectivity index (χ4n) is 4.24. The summed E-state index contributed by atoms with van der Waals surface area (Å²) in [6.07, 6.45) is -0.864. The maximum absolute atomic E-state index is 12.3. The van der Waals surface area contributed by atoms with Crippen LogP contribution in [0.3, 0.4) is 0 Å². The Balaban J connectivity index is 1.37. The summed E-state index contributed by atoms with van der Waals surface area (Å²) in [6.45, 7) is 2.30. The summed E-state index contributed by atoms with van der Waals surface area (Å²) in [6, 6.07) is 5.90. The molecule has 1 saturated heterocycles. The van der Waals surface area contributed by atoms with Crippen LogP contribution in [0.2, 0.25) is 5.02 Å². The maximum Gasteiger partial charge on any atom is 0.249 e. The molecule has 1 amide bonds. The van der Waals surface area contributed by atoms with Crippen LogP contribution in [0.25, 0.3) is 21.6 Å². The first-order valence-corrected chi connectivity index (χ1v) is 12.1. The number of nitrogens with one attached hydrogen (secondary N) is 2. The first kappa shape index (κ1) is 26.2. The van der Waals surface area contributed by atoms with Gasteiger partial charge < -0.3 is 29.7 Å². The van der Waals surface area contributed by atoms with Crippen LogP contribution in [0.15, 0.2) is 46.6 Å². The molecule has 202 valence electrons. The molecule has 1 fully saturated rings. The van der Waals surface area contributed by atoms with Crippen LogP contribution in [-0.2, 0) is 22.7 Å². The number of hydrogen-bond acceptors (Lipinski definition) is 11. The van der Waals surface area contributed by atoms with Crippen molar-refractivity contribution in [3.05, 3.63) is 69.4 Å². The van der Waals surface area contributed by atoms with Gasteiger partial charge in [-0.2, -0.15) is 0 Å². The number of fused-ring (bicyclic) bond motifs is 1. The monoisotopic (exact) mass is 554 g/mol. The molecule has 5 rings (SSSR count). The Morgan fingerprint density at radius 3 is 2.92 bits per heavy atom. The quantitative estimate of drug-likeness (QED) is 0.157. The van der Waals surface area contributed by atoms with Crippen LogP contribution in [0.5, 0.6) is 5.75 Å². The summed E-state index contributed by atoms with van der Waals surface area (Å²) in [5, 5.41) is 24.4. The van der Waals surface area contributed by atoms with Crippen LogP contribution in [0.4, 0.5) is 5.82 Å². The molecule has 3 N–H and O–H groups in total. The van der Waals surface area contributed by atoms with E-state index in [1.807, 2.05) is 6.92 Å². The number of aryl methyl sites for hydroxylation is 1. The van der Waals surface area contributed by atoms with Crippen LogP contribution in [0, 0.1) is 6.92 Å². The van der Waals surface area contributed by atoms with E-state index in [4.69, 9.17) is 31.1 Å². The van der Waals surface area contributed by atoms with Crippen LogP contribution in [0.1, 0.15) is 23.2 Å². The molecule has 15 nitrogen and oxygen atoms in total. The van der Waals surface area contributed by atoms with Crippen molar-refractivity contribution in [2.24, 2.45) is 5.11 Å². The minimum Gasteiger partial charge on any atom is -0.485 e. The zero-order valence-corrected chi connectivity index (χ0v) is 21.5. The van der Waals surface area contributed by atoms with Gasteiger partial charge in [0.1, 0.15) is 36.9 Å². The highest BCUT2D eigenvalue weighted by Gasteiger charge is 2.48. The van der Waals surface area contributed by atoms with E-state index in [2.05, 4.69) is 40.8 Å². The molecule has 39 heavy (non-hydrogen) atoms. The van der Waals surface area contributed by atoms with Crippen molar-refractivity contribution in [3.63, 3.8) is 0 Å². The lowest BCUT2D eigenvalue weighted by Crippen LogP contribution is -2.40. The largest absolute Gasteiger partial charge is 0.485 e. The Morgan fingerprint density at radius 1 is 1.33 bits per heavy atom. The maximum atomic E-state index is 12.3. The number of imidazole rings is 1. The molecule has 0 spiro atoms. The molecule has 1 aliphatic rings. The number of benzene rings is 1. The van der Waals surface area contributed by atoms with E-state index in [1.165, 1.54) is 24.3 Å². The van der Waals surface area contributed by atoms with Gasteiger partial charge in [-0.25, -0.2) is 15.0 Å². The van der Waals surface area contributed by atoms with Crippen molar-refractivity contribution in [2.45, 2.75) is 44.6 Å². The highest BCUT2D eigenvalue weighted by Crippen LogP contribution is 2.34. The van der Waals surface area contributed by atoms with Crippen molar-refractivity contribution < 1.29 is 23.9 Å². The molecule has 0 radical (unpaired) electrons. The third-order valence-corrected chi connectivity index (χ3v) is 6.31. The van der Waals surface area contributed by atoms with Gasteiger partial charge >= 0.3 is 0 Å². The van der Waals surface area contributed by atoms with Crippen LogP contribution in [-0.4, -0.2) is 61.0 Å². The van der Waals surface area contributed by atoms with Crippen molar-refractivity contribution in [1.82, 2.24) is 30.0 Å². The third-order valence-electron chi connectivity index (χ3n) is 6.08. The van der Waals surface area contributed by atoms with Gasteiger partial charge in [0, 0.05) is 35.2 Å². The molecule has 16 heteroatoms. The highest BCUT2D eigenvalue weighted by molar-refractivity contribution is 6.30. The minimum atomic E-state index is -1.33. The van der Waals surface area contributed by atoms with Crippen molar-refractivity contribution in [3.8, 4) is 5.75 Å². The number of aromatic nitrogens is 5. The average Bonchev–Trinajstić information content (AvgIpc) is 3.64. The number of azide groups is 1. The number of nitrogens with zero attached hydrogens (tertiary/aromatic N) is 8. The van der Waals surface area contributed by atoms with Crippen molar-refractivity contribution in [1.29, 1.82) is 0 Å². The zero-order valence-electron chi connectivity index (χ0n) is 20.7. The average molecular weight is 555 g/mol. The number of carbonyl (C=O) groups is 1. The second-order valence-electron chi connectivity index (χ2n) is 8.62. The first-order valence-electron chi connectivity index (χ1n) is 11.7. The zero-order chi connectivity index (χ0) is 27.5. The standard InChI is InChI=1S/C23H23ClN10O5/c1-11-5-14(39-32-11)8-37-15-4-3-13(24)6-12(15)7-27-20-17-21(29-9-28-20)34(10-30-17)23-18(35)16(31-33-25)19(38-23)22(36)26-2/h3-6,9-10,16,18-19,23,35H,7-8H2,1-2H3,(H,26,36)(H,27,28,29)/t16-,18+,19-,23+/m0/s1. The summed E-state index contributed by atoms with van der Waals surface area (Å²) >= 11 is 6.23. The smallest absolute Gasteiger partial charge is 0.249 e. The second-order valence-corrected chi connectivity index (χ2v) is 9.06. The summed E-state index contributed by atoms with van der Waals surface area (Å²) < 4.78 is 18.4. The number of aliphatic hydroxyl groups excluding tert-OH is 1. The molecular weight excluding hydrogens is 532 g/mol. The minimum absolute atomic E-state index is 0.190. The van der Waals surface area contributed by atoms with E-state index < -0.39 is 30.4 Å². The van der Waals surface area contributed by atoms with E-state index in [0.29, 0.717) is 33.5 Å². The van der Waals surface area contributed by atoms with Gasteiger partial charge in [-0.1, -0.05) is 21.9 Å². The molecule has 1 aromatic carbocycles. The lowest BCUT2D eigenvalue weighted by atomic mass is 10.1. The Morgan fingerprint density at radius 2 is 2.18 bits per heavy atom. The molecule has 0 aliphatic carbocycles. The lowest BCUT2D eigenvalue weighted by molar-refractivity contribution is -0.134. The molecule has 1 aliphatic heterocycles. The first-order chi connectivity index (χ1) is 18.9. The Bertz CT molecular complexity index is 1550. The summed E-state index contributed by atoms with van der Waals surface area (Å²) in [4.78, 5) is 28.0. The summed E-state index contributed by atoms with van der Waals surface area (Å²) in [5.41, 5.74) is 11.1. The number of likely N-dealkylation sites (N-methyl/N-ethyl adjacent to an activating group) is 1. The molecule has 4 aromatic rings. The topological polar surface area (TPSA) is 198 Å². The van der Waals surface area contributed by atoms with Gasteiger partial charge in [-0.15, -0.1) is 0 Å². The van der Waals surface area contributed by atoms with Gasteiger partial charge in [0.05, 0.1) is 12.0 Å². The van der Waals surface area contributed by atoms with E-state index in [9.17, 15) is 9.90 Å². The fraction of sp³-hybridized carbons (Fsp3) is 0.348. The van der Waals surface area contributed by atoms with Crippen molar-refractivity contribution >= 4 is 34.5 Å². The molecule has 3 aromatic heterocycles. The summed E-state index contributed by atoms with van der Waals surface area (Å²) in [7, 11) is 1.42. The van der Waals surface area contributed by atoms with Crippen LogP contribution >= 0.6 is 11.6 Å². The van der Waals surface area contributed by atoms with E-state index in [0.717, 1.165) is 11.3 Å². The SMILES string of the molecule is CNC(=O)[C@H]1O[C@@H](n2cnc3c(NCc4cc(Cl)ccc4OCc4cc(C)no4)ncnc32)[C@H](O)[C@@H]1N=[N+]=[N-]. The summed E-state index contributed by atoms with van der Waals surface area (Å²) in [5.74, 6) is 1.04. The number of aliphatic hydroxyl groups is 1. The predicted molar refractivity (Wildman–Crippen MR) is 137 cm³/mol. The lowest BCUT2D eigenvalue weighted by Gasteiger charge is -2.17. The Hall–Kier alpha value is -4.43. The van der Waals surface area contributed by atoms with Gasteiger partial charge in [0.2, 0.25) is 5.91 Å². The third kappa shape index (κ3) is 5.28. The molecular formula is C23H23ClN10O5. The highest BCUT2D eigenvalue weighted by atomic mass is 35.5. The molecule has 0 unspecified atom stereocenters. The Kier molecular flexibility index (Phi) is 7.47. The van der Waals surface area contributed by atoms with Gasteiger partial charge in [0.25, 0.3) is 0 Å². The number of carbonyl (C=O) groups excluding carboxylic acids is 1. The molecule has 0 bridgehead atoms. The van der Waals surface area contributed by atoms with Gasteiger partial charge in [-0.05, 0) is 30.7 Å². The molecule has 4 atom stereocenters. The predicted octanol–water partition coefficient (Wildman–Crippen LogP) is 2.65. The van der Waals surface area contributed by atoms with Crippen molar-refractivity contribution in [2.75, 3.05) is 12.4 Å². The molecule has 0 saturated carbocycles. The van der Waals surface area contributed by atoms with E-state index in [1.54, 1.807) is 24.3 Å².